The van der Waals surface area contributed by atoms with Crippen LogP contribution >= 0.6 is 22.6 Å². The van der Waals surface area contributed by atoms with E-state index in [9.17, 15) is 20.0 Å². The first-order valence-electron chi connectivity index (χ1n) is 6.71. The summed E-state index contributed by atoms with van der Waals surface area (Å²) in [4.78, 5) is 22.0. The molecule has 3 N–H and O–H groups in total. The van der Waals surface area contributed by atoms with Crippen LogP contribution in [0, 0.1) is 20.6 Å². The normalized spacial score (nSPS) is 10.6. The number of non-ortho nitro benzene ring substituents is 1. The molecule has 0 aliphatic heterocycles. The fourth-order valence-corrected chi connectivity index (χ4v) is 2.46. The number of hydrogen-bond donors (Lipinski definition) is 3. The highest BCUT2D eigenvalue weighted by atomic mass is 127. The van der Waals surface area contributed by atoms with Crippen molar-refractivity contribution in [3.05, 3.63) is 61.2 Å². The SMILES string of the molecule is Cc1ccccc1NC(=O)N/N=C/c1cc([N+](=O)[O-])cc(I)c1O. The third-order valence-electron chi connectivity index (χ3n) is 3.05. The number of carbonyl (C=O) groups is 1. The number of hydrogen-bond acceptors (Lipinski definition) is 5. The Balaban J connectivity index is 2.07. The van der Waals surface area contributed by atoms with Crippen molar-refractivity contribution in [2.45, 2.75) is 6.92 Å². The summed E-state index contributed by atoms with van der Waals surface area (Å²) in [6.45, 7) is 1.85. The van der Waals surface area contributed by atoms with Gasteiger partial charge < -0.3 is 10.4 Å². The summed E-state index contributed by atoms with van der Waals surface area (Å²) < 4.78 is 0.313. The van der Waals surface area contributed by atoms with Crippen molar-refractivity contribution in [3.63, 3.8) is 0 Å². The second kappa shape index (κ2) is 7.73. The average Bonchev–Trinajstić information content (AvgIpc) is 2.53. The van der Waals surface area contributed by atoms with E-state index in [0.29, 0.717) is 9.26 Å². The maximum atomic E-state index is 11.8. The highest BCUT2D eigenvalue weighted by molar-refractivity contribution is 14.1. The first-order chi connectivity index (χ1) is 11.4. The van der Waals surface area contributed by atoms with Crippen molar-refractivity contribution < 1.29 is 14.8 Å². The average molecular weight is 440 g/mol. The molecule has 0 saturated carbocycles. The predicted molar refractivity (Wildman–Crippen MR) is 98.4 cm³/mol. The summed E-state index contributed by atoms with van der Waals surface area (Å²) in [5, 5.41) is 27.0. The zero-order valence-electron chi connectivity index (χ0n) is 12.5. The van der Waals surface area contributed by atoms with Gasteiger partial charge in [0.2, 0.25) is 0 Å². The Morgan fingerprint density at radius 2 is 2.08 bits per heavy atom. The van der Waals surface area contributed by atoms with Crippen LogP contribution in [0.4, 0.5) is 16.2 Å². The number of halogens is 1. The van der Waals surface area contributed by atoms with Gasteiger partial charge in [-0.05, 0) is 41.1 Å². The van der Waals surface area contributed by atoms with Crippen LogP contribution in [0.1, 0.15) is 11.1 Å². The van der Waals surface area contributed by atoms with E-state index in [1.807, 2.05) is 19.1 Å². The molecule has 0 aliphatic rings. The summed E-state index contributed by atoms with van der Waals surface area (Å²) in [6, 6.07) is 9.07. The van der Waals surface area contributed by atoms with Gasteiger partial charge in [-0.25, -0.2) is 10.2 Å². The lowest BCUT2D eigenvalue weighted by Crippen LogP contribution is -2.24. The van der Waals surface area contributed by atoms with Gasteiger partial charge in [0.15, 0.2) is 0 Å². The topological polar surface area (TPSA) is 117 Å². The minimum Gasteiger partial charge on any atom is -0.506 e. The Kier molecular flexibility index (Phi) is 5.68. The number of aromatic hydroxyl groups is 1. The number of nitrogens with zero attached hydrogens (tertiary/aromatic N) is 2. The van der Waals surface area contributed by atoms with Crippen LogP contribution in [0.2, 0.25) is 0 Å². The van der Waals surface area contributed by atoms with Crippen LogP contribution in [0.3, 0.4) is 0 Å². The van der Waals surface area contributed by atoms with E-state index in [1.165, 1.54) is 12.1 Å². The molecule has 124 valence electrons. The summed E-state index contributed by atoms with van der Waals surface area (Å²) in [6.07, 6.45) is 1.14. The number of nitrogens with one attached hydrogen (secondary N) is 2. The van der Waals surface area contributed by atoms with Crippen LogP contribution in [-0.2, 0) is 0 Å². The van der Waals surface area contributed by atoms with Gasteiger partial charge in [-0.1, -0.05) is 18.2 Å². The molecule has 0 bridgehead atoms. The van der Waals surface area contributed by atoms with E-state index in [4.69, 9.17) is 0 Å². The molecule has 0 aliphatic carbocycles. The Hall–Kier alpha value is -2.69. The fraction of sp³-hybridized carbons (Fsp3) is 0.0667. The summed E-state index contributed by atoms with van der Waals surface area (Å²) in [5.41, 5.74) is 3.72. The van der Waals surface area contributed by atoms with Gasteiger partial charge in [0, 0.05) is 23.4 Å². The minimum atomic E-state index is -0.572. The zero-order valence-corrected chi connectivity index (χ0v) is 14.6. The van der Waals surface area contributed by atoms with E-state index in [0.717, 1.165) is 11.8 Å². The van der Waals surface area contributed by atoms with Crippen molar-refractivity contribution in [1.82, 2.24) is 5.43 Å². The summed E-state index contributed by atoms with van der Waals surface area (Å²) in [7, 11) is 0. The first-order valence-corrected chi connectivity index (χ1v) is 7.79. The number of para-hydroxylation sites is 1. The second-order valence-corrected chi connectivity index (χ2v) is 5.92. The summed E-state index contributed by atoms with van der Waals surface area (Å²) >= 11 is 1.78. The van der Waals surface area contributed by atoms with E-state index >= 15 is 0 Å². The number of hydrazone groups is 1. The summed E-state index contributed by atoms with van der Waals surface area (Å²) in [5.74, 6) is -0.147. The van der Waals surface area contributed by atoms with Crippen molar-refractivity contribution in [2.75, 3.05) is 5.32 Å². The van der Waals surface area contributed by atoms with Gasteiger partial charge in [-0.15, -0.1) is 0 Å². The van der Waals surface area contributed by atoms with E-state index in [2.05, 4.69) is 15.8 Å². The van der Waals surface area contributed by atoms with Gasteiger partial charge in [-0.3, -0.25) is 10.1 Å². The molecule has 24 heavy (non-hydrogen) atoms. The molecule has 2 aromatic rings. The third-order valence-corrected chi connectivity index (χ3v) is 3.87. The van der Waals surface area contributed by atoms with Crippen molar-refractivity contribution in [2.24, 2.45) is 5.10 Å². The van der Waals surface area contributed by atoms with Gasteiger partial charge in [0.1, 0.15) is 5.75 Å². The number of nitro benzene ring substituents is 1. The fourth-order valence-electron chi connectivity index (χ4n) is 1.83. The molecule has 0 fully saturated rings. The molecule has 0 heterocycles. The molecule has 8 nitrogen and oxygen atoms in total. The Morgan fingerprint density at radius 1 is 1.38 bits per heavy atom. The Morgan fingerprint density at radius 3 is 2.75 bits per heavy atom. The highest BCUT2D eigenvalue weighted by Gasteiger charge is 2.13. The maximum absolute atomic E-state index is 11.8. The van der Waals surface area contributed by atoms with Gasteiger partial charge in [0.25, 0.3) is 5.69 Å². The number of carbonyl (C=O) groups excluding carboxylic acids is 1. The minimum absolute atomic E-state index is 0.129. The lowest BCUT2D eigenvalue weighted by molar-refractivity contribution is -0.385. The standard InChI is InChI=1S/C15H13IN4O4/c1-9-4-2-3-5-13(9)18-15(22)19-17-8-10-6-11(20(23)24)7-12(16)14(10)21/h2-8,21H,1H3,(H2,18,19,22)/b17-8+. The van der Waals surface area contributed by atoms with E-state index < -0.39 is 11.0 Å². The molecule has 2 amide bonds. The number of aryl methyl sites for hydroxylation is 1. The third kappa shape index (κ3) is 4.41. The van der Waals surface area contributed by atoms with Crippen LogP contribution in [0.15, 0.2) is 41.5 Å². The lowest BCUT2D eigenvalue weighted by atomic mass is 10.2. The van der Waals surface area contributed by atoms with Crippen LogP contribution in [0.25, 0.3) is 0 Å². The molecule has 0 radical (unpaired) electrons. The molecule has 0 unspecified atom stereocenters. The van der Waals surface area contributed by atoms with Gasteiger partial charge >= 0.3 is 6.03 Å². The number of phenolic OH excluding ortho intramolecular Hbond substituents is 1. The number of rotatable bonds is 4. The van der Waals surface area contributed by atoms with E-state index in [-0.39, 0.29) is 17.0 Å². The molecule has 0 aromatic heterocycles. The largest absolute Gasteiger partial charge is 0.506 e. The zero-order chi connectivity index (χ0) is 17.7. The van der Waals surface area contributed by atoms with E-state index in [1.54, 1.807) is 34.7 Å². The highest BCUT2D eigenvalue weighted by Crippen LogP contribution is 2.28. The van der Waals surface area contributed by atoms with Gasteiger partial charge in [-0.2, -0.15) is 5.10 Å². The molecule has 2 aromatic carbocycles. The number of urea groups is 1. The number of nitro groups is 1. The number of anilines is 1. The molecule has 9 heteroatoms. The Bertz CT molecular complexity index is 823. The van der Waals surface area contributed by atoms with Crippen LogP contribution in [0.5, 0.6) is 5.75 Å². The number of benzene rings is 2. The Labute approximate surface area is 150 Å². The van der Waals surface area contributed by atoms with Crippen LogP contribution in [-0.4, -0.2) is 22.3 Å². The maximum Gasteiger partial charge on any atom is 0.339 e. The number of phenols is 1. The molecule has 0 spiro atoms. The first kappa shape index (κ1) is 17.7. The van der Waals surface area contributed by atoms with Crippen LogP contribution < -0.4 is 10.7 Å². The second-order valence-electron chi connectivity index (χ2n) is 4.76. The van der Waals surface area contributed by atoms with Crippen molar-refractivity contribution >= 4 is 46.2 Å². The molecular formula is C15H13IN4O4. The molecule has 2 rings (SSSR count). The number of amides is 2. The van der Waals surface area contributed by atoms with Crippen molar-refractivity contribution in [1.29, 1.82) is 0 Å². The monoisotopic (exact) mass is 440 g/mol. The van der Waals surface area contributed by atoms with Gasteiger partial charge in [0.05, 0.1) is 14.7 Å². The van der Waals surface area contributed by atoms with Crippen molar-refractivity contribution in [3.8, 4) is 5.75 Å². The lowest BCUT2D eigenvalue weighted by Gasteiger charge is -2.07. The smallest absolute Gasteiger partial charge is 0.339 e. The molecular weight excluding hydrogens is 427 g/mol. The quantitative estimate of drug-likeness (QED) is 0.293. The molecule has 0 saturated heterocycles. The predicted octanol–water partition coefficient (Wildman–Crippen LogP) is 3.37. The molecule has 0 atom stereocenters.